The molecule has 5 rings (SSSR count). The molecule has 3 heterocycles. The summed E-state index contributed by atoms with van der Waals surface area (Å²) in [5.41, 5.74) is 1.35. The van der Waals surface area contributed by atoms with Gasteiger partial charge in [-0.3, -0.25) is 14.2 Å². The van der Waals surface area contributed by atoms with E-state index in [4.69, 9.17) is 9.47 Å². The van der Waals surface area contributed by atoms with Crippen LogP contribution in [0.1, 0.15) is 5.56 Å². The quantitative estimate of drug-likeness (QED) is 0.527. The Hall–Kier alpha value is -4.21. The third kappa shape index (κ3) is 3.59. The summed E-state index contributed by atoms with van der Waals surface area (Å²) < 4.78 is 26.4. The van der Waals surface area contributed by atoms with Gasteiger partial charge in [0.2, 0.25) is 12.7 Å². The minimum Gasteiger partial charge on any atom is -0.454 e. The molecule has 156 valence electrons. The van der Waals surface area contributed by atoms with Crippen molar-refractivity contribution in [3.05, 3.63) is 76.7 Å². The normalized spacial score (nSPS) is 12.3. The molecule has 10 heteroatoms. The maximum Gasteiger partial charge on any atom is 0.264 e. The van der Waals surface area contributed by atoms with Crippen LogP contribution in [-0.2, 0) is 17.9 Å². The van der Waals surface area contributed by atoms with Gasteiger partial charge in [0.05, 0.1) is 11.9 Å². The second-order valence-corrected chi connectivity index (χ2v) is 6.91. The number of carbonyl (C=O) groups is 1. The lowest BCUT2D eigenvalue weighted by atomic mass is 10.2. The molecule has 1 aliphatic rings. The van der Waals surface area contributed by atoms with Crippen molar-refractivity contribution in [2.75, 3.05) is 6.79 Å². The monoisotopic (exact) mass is 421 g/mol. The highest BCUT2D eigenvalue weighted by Crippen LogP contribution is 2.32. The second kappa shape index (κ2) is 7.56. The van der Waals surface area contributed by atoms with E-state index >= 15 is 0 Å². The molecule has 2 aromatic heterocycles. The van der Waals surface area contributed by atoms with Gasteiger partial charge in [0.15, 0.2) is 17.1 Å². The smallest absolute Gasteiger partial charge is 0.264 e. The maximum absolute atomic E-state index is 13.2. The van der Waals surface area contributed by atoms with E-state index in [0.717, 1.165) is 5.56 Å². The fourth-order valence-corrected chi connectivity index (χ4v) is 3.29. The summed E-state index contributed by atoms with van der Waals surface area (Å²) in [6, 6.07) is 11.1. The molecule has 9 nitrogen and oxygen atoms in total. The van der Waals surface area contributed by atoms with Crippen LogP contribution in [0.2, 0.25) is 0 Å². The highest BCUT2D eigenvalue weighted by molar-refractivity contribution is 5.77. The lowest BCUT2D eigenvalue weighted by molar-refractivity contribution is -0.121. The predicted octanol–water partition coefficient (Wildman–Crippen LogP) is 1.77. The number of aromatic nitrogens is 4. The van der Waals surface area contributed by atoms with Crippen molar-refractivity contribution in [1.82, 2.24) is 24.6 Å². The third-order valence-electron chi connectivity index (χ3n) is 4.87. The molecule has 0 fully saturated rings. The van der Waals surface area contributed by atoms with Crippen LogP contribution in [0, 0.1) is 5.82 Å². The minimum atomic E-state index is -0.392. The molecule has 0 saturated heterocycles. The largest absolute Gasteiger partial charge is 0.454 e. The van der Waals surface area contributed by atoms with Crippen molar-refractivity contribution in [3.63, 3.8) is 0 Å². The van der Waals surface area contributed by atoms with Crippen LogP contribution >= 0.6 is 0 Å². The molecular weight excluding hydrogens is 405 g/mol. The van der Waals surface area contributed by atoms with Crippen LogP contribution in [0.4, 0.5) is 4.39 Å². The van der Waals surface area contributed by atoms with Gasteiger partial charge in [-0.25, -0.2) is 14.1 Å². The summed E-state index contributed by atoms with van der Waals surface area (Å²) >= 11 is 0. The highest BCUT2D eigenvalue weighted by atomic mass is 19.1. The fraction of sp³-hybridized carbons (Fsp3) is 0.143. The van der Waals surface area contributed by atoms with Gasteiger partial charge in [-0.2, -0.15) is 5.10 Å². The number of rotatable bonds is 5. The standard InChI is InChI=1S/C21H16FN5O4/c22-14-2-4-15(5-3-14)27-20-16(9-25-27)21(29)26(11-24-20)10-19(28)23-8-13-1-6-17-18(7-13)31-12-30-17/h1-7,9,11H,8,10,12H2,(H,23,28). The van der Waals surface area contributed by atoms with E-state index in [-0.39, 0.29) is 37.0 Å². The number of carbonyl (C=O) groups excluding carboxylic acids is 1. The Labute approximate surface area is 174 Å². The van der Waals surface area contributed by atoms with E-state index in [1.807, 2.05) is 6.07 Å². The molecule has 31 heavy (non-hydrogen) atoms. The third-order valence-corrected chi connectivity index (χ3v) is 4.87. The second-order valence-electron chi connectivity index (χ2n) is 6.91. The van der Waals surface area contributed by atoms with E-state index in [9.17, 15) is 14.0 Å². The van der Waals surface area contributed by atoms with Crippen molar-refractivity contribution < 1.29 is 18.7 Å². The van der Waals surface area contributed by atoms with Crippen LogP contribution in [0.15, 0.2) is 59.8 Å². The average molecular weight is 421 g/mol. The van der Waals surface area contributed by atoms with Gasteiger partial charge >= 0.3 is 0 Å². The van der Waals surface area contributed by atoms with Crippen LogP contribution in [0.3, 0.4) is 0 Å². The summed E-state index contributed by atoms with van der Waals surface area (Å²) in [4.78, 5) is 29.4. The summed E-state index contributed by atoms with van der Waals surface area (Å²) in [5, 5.41) is 7.21. The Morgan fingerprint density at radius 2 is 1.94 bits per heavy atom. The molecule has 1 amide bonds. The maximum atomic E-state index is 13.2. The van der Waals surface area contributed by atoms with Gasteiger partial charge in [0.1, 0.15) is 24.1 Å². The molecule has 2 aromatic carbocycles. The number of hydrogen-bond donors (Lipinski definition) is 1. The molecule has 0 aliphatic carbocycles. The fourth-order valence-electron chi connectivity index (χ4n) is 3.29. The zero-order valence-corrected chi connectivity index (χ0v) is 16.1. The van der Waals surface area contributed by atoms with E-state index in [1.165, 1.54) is 33.9 Å². The first-order valence-corrected chi connectivity index (χ1v) is 9.43. The first kappa shape index (κ1) is 18.8. The number of amides is 1. The van der Waals surface area contributed by atoms with Crippen LogP contribution in [0.5, 0.6) is 11.5 Å². The summed E-state index contributed by atoms with van der Waals surface area (Å²) in [6.45, 7) is 0.276. The Bertz CT molecular complexity index is 1350. The number of halogens is 1. The molecule has 1 N–H and O–H groups in total. The summed E-state index contributed by atoms with van der Waals surface area (Å²) in [7, 11) is 0. The minimum absolute atomic E-state index is 0.182. The number of benzene rings is 2. The Morgan fingerprint density at radius 1 is 1.13 bits per heavy atom. The molecule has 0 bridgehead atoms. The summed E-state index contributed by atoms with van der Waals surface area (Å²) in [6.07, 6.45) is 2.68. The lowest BCUT2D eigenvalue weighted by Crippen LogP contribution is -2.32. The SMILES string of the molecule is O=C(Cn1cnc2c(cnn2-c2ccc(F)cc2)c1=O)NCc1ccc2c(c1)OCO2. The van der Waals surface area contributed by atoms with E-state index in [0.29, 0.717) is 22.8 Å². The van der Waals surface area contributed by atoms with Gasteiger partial charge in [0.25, 0.3) is 5.56 Å². The zero-order valence-electron chi connectivity index (χ0n) is 16.1. The van der Waals surface area contributed by atoms with Gasteiger partial charge < -0.3 is 14.8 Å². The Morgan fingerprint density at radius 3 is 2.77 bits per heavy atom. The van der Waals surface area contributed by atoms with Crippen molar-refractivity contribution >= 4 is 16.9 Å². The van der Waals surface area contributed by atoms with Crippen molar-refractivity contribution in [2.24, 2.45) is 0 Å². The van der Waals surface area contributed by atoms with Gasteiger partial charge in [-0.15, -0.1) is 0 Å². The molecule has 0 unspecified atom stereocenters. The number of hydrogen-bond acceptors (Lipinski definition) is 6. The Balaban J connectivity index is 1.31. The van der Waals surface area contributed by atoms with Gasteiger partial charge in [0, 0.05) is 6.54 Å². The van der Waals surface area contributed by atoms with Crippen LogP contribution < -0.4 is 20.3 Å². The van der Waals surface area contributed by atoms with Crippen molar-refractivity contribution in [3.8, 4) is 17.2 Å². The highest BCUT2D eigenvalue weighted by Gasteiger charge is 2.15. The first-order valence-electron chi connectivity index (χ1n) is 9.43. The summed E-state index contributed by atoms with van der Waals surface area (Å²) in [5.74, 6) is 0.590. The van der Waals surface area contributed by atoms with E-state index in [1.54, 1.807) is 24.3 Å². The van der Waals surface area contributed by atoms with E-state index in [2.05, 4.69) is 15.4 Å². The molecule has 0 radical (unpaired) electrons. The van der Waals surface area contributed by atoms with Crippen molar-refractivity contribution in [2.45, 2.75) is 13.1 Å². The number of fused-ring (bicyclic) bond motifs is 2. The molecule has 4 aromatic rings. The Kier molecular flexibility index (Phi) is 4.58. The number of ether oxygens (including phenoxy) is 2. The molecule has 0 spiro atoms. The molecular formula is C21H16FN5O4. The van der Waals surface area contributed by atoms with Crippen molar-refractivity contribution in [1.29, 1.82) is 0 Å². The predicted molar refractivity (Wildman–Crippen MR) is 107 cm³/mol. The molecule has 0 saturated carbocycles. The number of nitrogens with one attached hydrogen (secondary N) is 1. The van der Waals surface area contributed by atoms with E-state index < -0.39 is 5.56 Å². The topological polar surface area (TPSA) is 100 Å². The van der Waals surface area contributed by atoms with Crippen LogP contribution in [0.25, 0.3) is 16.7 Å². The van der Waals surface area contributed by atoms with Gasteiger partial charge in [-0.1, -0.05) is 6.07 Å². The first-order chi connectivity index (χ1) is 15.1. The zero-order chi connectivity index (χ0) is 21.4. The number of nitrogens with zero attached hydrogens (tertiary/aromatic N) is 4. The van der Waals surface area contributed by atoms with Gasteiger partial charge in [-0.05, 0) is 42.0 Å². The molecule has 0 atom stereocenters. The lowest BCUT2D eigenvalue weighted by Gasteiger charge is -2.08. The molecule has 1 aliphatic heterocycles. The average Bonchev–Trinajstić information content (AvgIpc) is 3.42. The van der Waals surface area contributed by atoms with Crippen LogP contribution in [-0.4, -0.2) is 32.0 Å².